The van der Waals surface area contributed by atoms with Gasteiger partial charge in [0.05, 0.1) is 19.2 Å². The van der Waals surface area contributed by atoms with Crippen LogP contribution in [0, 0.1) is 0 Å². The van der Waals surface area contributed by atoms with Crippen LogP contribution in [0.1, 0.15) is 19.5 Å². The van der Waals surface area contributed by atoms with Gasteiger partial charge in [0.25, 0.3) is 0 Å². The van der Waals surface area contributed by atoms with Gasteiger partial charge in [0.1, 0.15) is 11.5 Å². The third kappa shape index (κ3) is 2.33. The van der Waals surface area contributed by atoms with Gasteiger partial charge in [0.15, 0.2) is 0 Å². The lowest BCUT2D eigenvalue weighted by molar-refractivity contribution is 0.343. The Kier molecular flexibility index (Phi) is 3.47. The minimum atomic E-state index is 0.652. The molecule has 1 heterocycles. The number of aryl methyl sites for hydroxylation is 1. The summed E-state index contributed by atoms with van der Waals surface area (Å²) in [5.74, 6) is 1.71. The summed E-state index contributed by atoms with van der Waals surface area (Å²) in [6, 6.07) is 7.86. The second kappa shape index (κ2) is 5.04. The molecule has 0 bridgehead atoms. The molecule has 2 rings (SSSR count). The molecule has 0 spiro atoms. The van der Waals surface area contributed by atoms with E-state index in [1.54, 1.807) is 7.11 Å². The van der Waals surface area contributed by atoms with Crippen LogP contribution in [-0.2, 0) is 6.42 Å². The number of aromatic nitrogens is 1. The summed E-state index contributed by atoms with van der Waals surface area (Å²) >= 11 is 0. The number of hydrogen-bond donors (Lipinski definition) is 0. The fourth-order valence-corrected chi connectivity index (χ4v) is 1.81. The van der Waals surface area contributed by atoms with E-state index in [2.05, 4.69) is 11.9 Å². The van der Waals surface area contributed by atoms with Gasteiger partial charge in [0.2, 0.25) is 0 Å². The Balaban J connectivity index is 2.63. The highest BCUT2D eigenvalue weighted by molar-refractivity contribution is 5.86. The van der Waals surface area contributed by atoms with Crippen LogP contribution < -0.4 is 9.47 Å². The van der Waals surface area contributed by atoms with Gasteiger partial charge in [-0.05, 0) is 31.5 Å². The number of pyridine rings is 1. The van der Waals surface area contributed by atoms with Crippen LogP contribution in [0.4, 0.5) is 0 Å². The average Bonchev–Trinajstić information content (AvgIpc) is 2.38. The fourth-order valence-electron chi connectivity index (χ4n) is 1.81. The minimum absolute atomic E-state index is 0.652. The molecule has 3 nitrogen and oxygen atoms in total. The second-order valence-corrected chi connectivity index (χ2v) is 3.78. The van der Waals surface area contributed by atoms with Crippen LogP contribution in [0.5, 0.6) is 11.5 Å². The van der Waals surface area contributed by atoms with Gasteiger partial charge in [-0.2, -0.15) is 0 Å². The monoisotopic (exact) mass is 231 g/mol. The summed E-state index contributed by atoms with van der Waals surface area (Å²) in [5, 5.41) is 1.00. The van der Waals surface area contributed by atoms with Gasteiger partial charge in [-0.15, -0.1) is 0 Å². The smallest absolute Gasteiger partial charge is 0.130 e. The molecule has 0 aliphatic heterocycles. The molecule has 0 unspecified atom stereocenters. The van der Waals surface area contributed by atoms with Crippen molar-refractivity contribution in [3.63, 3.8) is 0 Å². The second-order valence-electron chi connectivity index (χ2n) is 3.78. The van der Waals surface area contributed by atoms with E-state index in [9.17, 15) is 0 Å². The van der Waals surface area contributed by atoms with Crippen LogP contribution in [0.25, 0.3) is 10.9 Å². The first kappa shape index (κ1) is 11.7. The summed E-state index contributed by atoms with van der Waals surface area (Å²) in [6.07, 6.45) is 0.905. The van der Waals surface area contributed by atoms with E-state index in [0.29, 0.717) is 6.61 Å². The van der Waals surface area contributed by atoms with E-state index in [0.717, 1.165) is 34.5 Å². The SMILES string of the molecule is CCOc1cc(CC)nc2ccc(OC)cc12. The van der Waals surface area contributed by atoms with E-state index in [-0.39, 0.29) is 0 Å². The number of nitrogens with zero attached hydrogens (tertiary/aromatic N) is 1. The number of rotatable bonds is 4. The van der Waals surface area contributed by atoms with Gasteiger partial charge in [0, 0.05) is 17.1 Å². The first-order valence-electron chi connectivity index (χ1n) is 5.89. The number of methoxy groups -OCH3 is 1. The van der Waals surface area contributed by atoms with Crippen molar-refractivity contribution < 1.29 is 9.47 Å². The van der Waals surface area contributed by atoms with Gasteiger partial charge in [-0.25, -0.2) is 0 Å². The Bertz CT molecular complexity index is 523. The lowest BCUT2D eigenvalue weighted by atomic mass is 10.1. The van der Waals surface area contributed by atoms with Crippen molar-refractivity contribution >= 4 is 10.9 Å². The maximum absolute atomic E-state index is 5.67. The molecule has 0 atom stereocenters. The summed E-state index contributed by atoms with van der Waals surface area (Å²) < 4.78 is 10.9. The first-order valence-corrected chi connectivity index (χ1v) is 5.89. The highest BCUT2D eigenvalue weighted by Gasteiger charge is 2.07. The lowest BCUT2D eigenvalue weighted by Crippen LogP contribution is -1.97. The first-order chi connectivity index (χ1) is 8.28. The predicted molar refractivity (Wildman–Crippen MR) is 68.8 cm³/mol. The van der Waals surface area contributed by atoms with Crippen molar-refractivity contribution in [2.75, 3.05) is 13.7 Å². The van der Waals surface area contributed by atoms with Crippen LogP contribution >= 0.6 is 0 Å². The van der Waals surface area contributed by atoms with Crippen molar-refractivity contribution in [2.24, 2.45) is 0 Å². The summed E-state index contributed by atoms with van der Waals surface area (Å²) in [7, 11) is 1.66. The van der Waals surface area contributed by atoms with Crippen LogP contribution in [0.15, 0.2) is 24.3 Å². The average molecular weight is 231 g/mol. The zero-order valence-electron chi connectivity index (χ0n) is 10.5. The maximum Gasteiger partial charge on any atom is 0.130 e. The van der Waals surface area contributed by atoms with Gasteiger partial charge >= 0.3 is 0 Å². The van der Waals surface area contributed by atoms with Crippen molar-refractivity contribution in [2.45, 2.75) is 20.3 Å². The Hall–Kier alpha value is -1.77. The van der Waals surface area contributed by atoms with Crippen LogP contribution in [-0.4, -0.2) is 18.7 Å². The molecule has 2 aromatic rings. The molecule has 0 aliphatic rings. The standard InChI is InChI=1S/C14H17NO2/c1-4-10-8-14(17-5-2)12-9-11(16-3)6-7-13(12)15-10/h6-9H,4-5H2,1-3H3. The number of benzene rings is 1. The largest absolute Gasteiger partial charge is 0.497 e. The summed E-state index contributed by atoms with van der Waals surface area (Å²) in [5.41, 5.74) is 2.00. The van der Waals surface area contributed by atoms with Crippen LogP contribution in [0.3, 0.4) is 0 Å². The minimum Gasteiger partial charge on any atom is -0.497 e. The van der Waals surface area contributed by atoms with Crippen LogP contribution in [0.2, 0.25) is 0 Å². The van der Waals surface area contributed by atoms with Gasteiger partial charge in [-0.1, -0.05) is 6.92 Å². The molecule has 0 amide bonds. The fraction of sp³-hybridized carbons (Fsp3) is 0.357. The highest BCUT2D eigenvalue weighted by atomic mass is 16.5. The van der Waals surface area contributed by atoms with Gasteiger partial charge < -0.3 is 9.47 Å². The highest BCUT2D eigenvalue weighted by Crippen LogP contribution is 2.29. The lowest BCUT2D eigenvalue weighted by Gasteiger charge is -2.10. The Morgan fingerprint density at radius 2 is 2.00 bits per heavy atom. The van der Waals surface area contributed by atoms with Crippen molar-refractivity contribution in [3.8, 4) is 11.5 Å². The predicted octanol–water partition coefficient (Wildman–Crippen LogP) is 3.20. The van der Waals surface area contributed by atoms with Gasteiger partial charge in [-0.3, -0.25) is 4.98 Å². The van der Waals surface area contributed by atoms with E-state index in [1.165, 1.54) is 0 Å². The molecular formula is C14H17NO2. The molecule has 1 aromatic carbocycles. The molecule has 17 heavy (non-hydrogen) atoms. The topological polar surface area (TPSA) is 31.4 Å². The molecule has 0 N–H and O–H groups in total. The van der Waals surface area contributed by atoms with E-state index < -0.39 is 0 Å². The van der Waals surface area contributed by atoms with Crippen molar-refractivity contribution in [3.05, 3.63) is 30.0 Å². The van der Waals surface area contributed by atoms with E-state index >= 15 is 0 Å². The maximum atomic E-state index is 5.67. The Labute approximate surface area is 101 Å². The third-order valence-corrected chi connectivity index (χ3v) is 2.69. The molecule has 0 fully saturated rings. The molecule has 0 aliphatic carbocycles. The molecule has 0 radical (unpaired) electrons. The normalized spacial score (nSPS) is 10.5. The molecule has 90 valence electrons. The van der Waals surface area contributed by atoms with E-state index in [4.69, 9.17) is 9.47 Å². The Morgan fingerprint density at radius 1 is 1.18 bits per heavy atom. The molecule has 0 saturated heterocycles. The molecule has 0 saturated carbocycles. The van der Waals surface area contributed by atoms with Crippen molar-refractivity contribution in [1.29, 1.82) is 0 Å². The summed E-state index contributed by atoms with van der Waals surface area (Å²) in [4.78, 5) is 4.58. The molecule has 1 aromatic heterocycles. The quantitative estimate of drug-likeness (QED) is 0.809. The van der Waals surface area contributed by atoms with Crippen molar-refractivity contribution in [1.82, 2.24) is 4.98 Å². The Morgan fingerprint density at radius 3 is 2.65 bits per heavy atom. The zero-order valence-corrected chi connectivity index (χ0v) is 10.5. The molecular weight excluding hydrogens is 214 g/mol. The third-order valence-electron chi connectivity index (χ3n) is 2.69. The number of hydrogen-bond acceptors (Lipinski definition) is 3. The molecule has 3 heteroatoms. The summed E-state index contributed by atoms with van der Waals surface area (Å²) in [6.45, 7) is 4.73. The van der Waals surface area contributed by atoms with E-state index in [1.807, 2.05) is 31.2 Å². The zero-order chi connectivity index (χ0) is 12.3. The number of fused-ring (bicyclic) bond motifs is 1. The number of ether oxygens (including phenoxy) is 2.